The first-order chi connectivity index (χ1) is 16.4. The maximum atomic E-state index is 13.0. The molecule has 0 aliphatic heterocycles. The van der Waals surface area contributed by atoms with Crippen LogP contribution in [0, 0.1) is 6.92 Å². The van der Waals surface area contributed by atoms with Crippen LogP contribution < -0.4 is 11.1 Å². The molecule has 0 aliphatic rings. The second-order valence-electron chi connectivity index (χ2n) is 8.05. The molecule has 5 rings (SSSR count). The number of rotatable bonds is 4. The molecule has 0 unspecified atom stereocenters. The third kappa shape index (κ3) is 3.75. The van der Waals surface area contributed by atoms with E-state index in [0.29, 0.717) is 44.7 Å². The zero-order valence-electron chi connectivity index (χ0n) is 18.6. The molecule has 0 saturated carbocycles. The number of carbonyl (C=O) groups is 1. The largest absolute Gasteiger partial charge is 0.334 e. The number of H-pyrrole nitrogens is 1. The van der Waals surface area contributed by atoms with Gasteiger partial charge in [-0.15, -0.1) is 0 Å². The Morgan fingerprint density at radius 3 is 2.21 bits per heavy atom. The van der Waals surface area contributed by atoms with Gasteiger partial charge in [0.25, 0.3) is 17.0 Å². The van der Waals surface area contributed by atoms with Gasteiger partial charge in [-0.1, -0.05) is 24.3 Å². The van der Waals surface area contributed by atoms with E-state index >= 15 is 0 Å². The average Bonchev–Trinajstić information content (AvgIpc) is 2.84. The van der Waals surface area contributed by atoms with Crippen LogP contribution in [0.15, 0.2) is 82.4 Å². The lowest BCUT2D eigenvalue weighted by molar-refractivity contribution is 0.0781. The number of aryl methyl sites for hydroxylation is 1. The topological polar surface area (TPSA) is 101 Å². The van der Waals surface area contributed by atoms with E-state index in [4.69, 9.17) is 0 Å². The minimum atomic E-state index is -0.240. The molecule has 1 amide bonds. The Balaban J connectivity index is 1.41. The Bertz CT molecular complexity index is 1670. The lowest BCUT2D eigenvalue weighted by Crippen LogP contribution is -2.28. The highest BCUT2D eigenvalue weighted by molar-refractivity contribution is 5.94. The minimum Gasteiger partial charge on any atom is -0.334 e. The number of para-hydroxylation sites is 2. The first-order valence-corrected chi connectivity index (χ1v) is 10.7. The van der Waals surface area contributed by atoms with Gasteiger partial charge in [0, 0.05) is 12.6 Å². The molecule has 0 atom stereocenters. The first kappa shape index (κ1) is 21.3. The van der Waals surface area contributed by atoms with Crippen molar-refractivity contribution in [3.8, 4) is 5.69 Å². The summed E-state index contributed by atoms with van der Waals surface area (Å²) in [5.41, 5.74) is 1.90. The zero-order chi connectivity index (χ0) is 23.8. The van der Waals surface area contributed by atoms with Crippen LogP contribution >= 0.6 is 0 Å². The van der Waals surface area contributed by atoms with Crippen LogP contribution in [-0.4, -0.2) is 37.4 Å². The van der Waals surface area contributed by atoms with Crippen molar-refractivity contribution in [1.29, 1.82) is 0 Å². The van der Waals surface area contributed by atoms with Crippen LogP contribution in [0.1, 0.15) is 22.0 Å². The second kappa shape index (κ2) is 8.40. The summed E-state index contributed by atoms with van der Waals surface area (Å²) in [5, 5.41) is 1.04. The highest BCUT2D eigenvalue weighted by atomic mass is 16.2. The molecule has 0 spiro atoms. The van der Waals surface area contributed by atoms with Gasteiger partial charge in [-0.3, -0.25) is 19.0 Å². The molecule has 0 saturated heterocycles. The number of fused-ring (bicyclic) bond motifs is 2. The number of aromatic nitrogens is 4. The van der Waals surface area contributed by atoms with Crippen LogP contribution in [0.3, 0.4) is 0 Å². The molecular weight excluding hydrogens is 430 g/mol. The summed E-state index contributed by atoms with van der Waals surface area (Å²) < 4.78 is 1.53. The van der Waals surface area contributed by atoms with Crippen molar-refractivity contribution >= 4 is 27.7 Å². The van der Waals surface area contributed by atoms with E-state index in [1.165, 1.54) is 9.47 Å². The third-order valence-electron chi connectivity index (χ3n) is 5.71. The van der Waals surface area contributed by atoms with E-state index in [2.05, 4.69) is 15.0 Å². The van der Waals surface area contributed by atoms with Crippen molar-refractivity contribution in [3.05, 3.63) is 111 Å². The summed E-state index contributed by atoms with van der Waals surface area (Å²) in [6, 6.07) is 21.1. The Labute approximate surface area is 194 Å². The van der Waals surface area contributed by atoms with Crippen molar-refractivity contribution in [3.63, 3.8) is 0 Å². The van der Waals surface area contributed by atoms with Gasteiger partial charge in [0.1, 0.15) is 11.6 Å². The molecule has 34 heavy (non-hydrogen) atoms. The maximum absolute atomic E-state index is 13.0. The van der Waals surface area contributed by atoms with Crippen molar-refractivity contribution in [1.82, 2.24) is 24.4 Å². The van der Waals surface area contributed by atoms with Gasteiger partial charge < -0.3 is 9.88 Å². The summed E-state index contributed by atoms with van der Waals surface area (Å²) in [6.45, 7) is 1.92. The molecule has 0 bridgehead atoms. The van der Waals surface area contributed by atoms with Gasteiger partial charge in [0.2, 0.25) is 0 Å². The lowest BCUT2D eigenvalue weighted by Gasteiger charge is -2.17. The van der Waals surface area contributed by atoms with Gasteiger partial charge in [0.15, 0.2) is 0 Å². The monoisotopic (exact) mass is 451 g/mol. The van der Waals surface area contributed by atoms with Gasteiger partial charge in [-0.25, -0.2) is 9.97 Å². The molecule has 0 radical (unpaired) electrons. The fourth-order valence-corrected chi connectivity index (χ4v) is 4.03. The van der Waals surface area contributed by atoms with Crippen molar-refractivity contribution in [2.75, 3.05) is 7.05 Å². The smallest absolute Gasteiger partial charge is 0.265 e. The second-order valence-corrected chi connectivity index (χ2v) is 8.05. The van der Waals surface area contributed by atoms with E-state index < -0.39 is 0 Å². The van der Waals surface area contributed by atoms with Crippen LogP contribution in [0.4, 0.5) is 0 Å². The number of carbonyl (C=O) groups excluding carboxylic acids is 1. The number of nitrogens with one attached hydrogen (secondary N) is 1. The molecule has 2 aromatic heterocycles. The van der Waals surface area contributed by atoms with Crippen LogP contribution in [0.25, 0.3) is 27.5 Å². The van der Waals surface area contributed by atoms with Crippen molar-refractivity contribution < 1.29 is 4.79 Å². The third-order valence-corrected chi connectivity index (χ3v) is 5.71. The minimum absolute atomic E-state index is 0.147. The highest BCUT2D eigenvalue weighted by Crippen LogP contribution is 2.15. The van der Waals surface area contributed by atoms with Gasteiger partial charge in [-0.2, -0.15) is 0 Å². The van der Waals surface area contributed by atoms with Crippen LogP contribution in [0.5, 0.6) is 0 Å². The summed E-state index contributed by atoms with van der Waals surface area (Å²) in [5.74, 6) is 0.731. The van der Waals surface area contributed by atoms with E-state index in [1.807, 2.05) is 18.2 Å². The Morgan fingerprint density at radius 2 is 1.50 bits per heavy atom. The highest BCUT2D eigenvalue weighted by Gasteiger charge is 2.15. The standard InChI is InChI=1S/C26H21N5O3/c1-16-27-22-10-6-4-8-20(22)26(34)31(16)18-13-11-17(12-14-18)25(33)30(2)15-23-28-21-9-5-3-7-19(21)24(32)29-23/h3-14H,15H2,1-2H3,(H,28,29,32). The fourth-order valence-electron chi connectivity index (χ4n) is 4.03. The number of aromatic amines is 1. The van der Waals surface area contributed by atoms with E-state index in [-0.39, 0.29) is 23.6 Å². The van der Waals surface area contributed by atoms with Crippen LogP contribution in [-0.2, 0) is 6.54 Å². The average molecular weight is 451 g/mol. The Hall–Kier alpha value is -4.59. The molecule has 0 aliphatic carbocycles. The summed E-state index contributed by atoms with van der Waals surface area (Å²) >= 11 is 0. The molecule has 1 N–H and O–H groups in total. The predicted octanol–water partition coefficient (Wildman–Crippen LogP) is 3.20. The lowest BCUT2D eigenvalue weighted by atomic mass is 10.1. The van der Waals surface area contributed by atoms with Gasteiger partial charge in [0.05, 0.1) is 34.0 Å². The normalized spacial score (nSPS) is 11.1. The molecule has 0 fully saturated rings. The molecule has 5 aromatic rings. The molecular formula is C26H21N5O3. The number of amides is 1. The molecule has 2 heterocycles. The van der Waals surface area contributed by atoms with Crippen molar-refractivity contribution in [2.24, 2.45) is 0 Å². The number of nitrogens with zero attached hydrogens (tertiary/aromatic N) is 4. The molecule has 8 nitrogen and oxygen atoms in total. The molecule has 3 aromatic carbocycles. The summed E-state index contributed by atoms with van der Waals surface area (Å²) in [6.07, 6.45) is 0. The summed E-state index contributed by atoms with van der Waals surface area (Å²) in [4.78, 5) is 51.5. The van der Waals surface area contributed by atoms with E-state index in [9.17, 15) is 14.4 Å². The number of hydrogen-bond donors (Lipinski definition) is 1. The van der Waals surface area contributed by atoms with E-state index in [0.717, 1.165) is 0 Å². The van der Waals surface area contributed by atoms with Gasteiger partial charge in [-0.05, 0) is 55.5 Å². The Morgan fingerprint density at radius 1 is 0.882 bits per heavy atom. The SMILES string of the molecule is Cc1nc2ccccc2c(=O)n1-c1ccc(C(=O)N(C)Cc2nc3ccccc3c(=O)[nH]2)cc1. The Kier molecular flexibility index (Phi) is 5.25. The van der Waals surface area contributed by atoms with Gasteiger partial charge >= 0.3 is 0 Å². The number of benzene rings is 3. The fraction of sp³-hybridized carbons (Fsp3) is 0.115. The first-order valence-electron chi connectivity index (χ1n) is 10.7. The quantitative estimate of drug-likeness (QED) is 0.452. The predicted molar refractivity (Wildman–Crippen MR) is 130 cm³/mol. The van der Waals surface area contributed by atoms with E-state index in [1.54, 1.807) is 68.6 Å². The van der Waals surface area contributed by atoms with Crippen molar-refractivity contribution in [2.45, 2.75) is 13.5 Å². The van der Waals surface area contributed by atoms with Crippen LogP contribution in [0.2, 0.25) is 0 Å². The maximum Gasteiger partial charge on any atom is 0.265 e. The summed E-state index contributed by atoms with van der Waals surface area (Å²) in [7, 11) is 1.65. The molecule has 8 heteroatoms. The number of hydrogen-bond acceptors (Lipinski definition) is 5. The zero-order valence-corrected chi connectivity index (χ0v) is 18.6. The molecule has 168 valence electrons.